The average Bonchev–Trinajstić information content (AvgIpc) is 2.64. The lowest BCUT2D eigenvalue weighted by Gasteiger charge is -2.08. The van der Waals surface area contributed by atoms with Gasteiger partial charge in [-0.15, -0.1) is 12.4 Å². The van der Waals surface area contributed by atoms with Gasteiger partial charge in [0.05, 0.1) is 20.3 Å². The third kappa shape index (κ3) is 7.13. The molecule has 1 amide bonds. The van der Waals surface area contributed by atoms with Crippen LogP contribution in [0.5, 0.6) is 5.75 Å². The minimum atomic E-state index is -0.0228. The molecule has 0 aliphatic heterocycles. The number of nitrogens with one attached hydrogen (secondary N) is 2. The first-order valence-corrected chi connectivity index (χ1v) is 7.92. The van der Waals surface area contributed by atoms with Crippen molar-refractivity contribution >= 4 is 18.3 Å². The summed E-state index contributed by atoms with van der Waals surface area (Å²) in [5.74, 6) is 0.822. The number of hydrogen-bond acceptors (Lipinski definition) is 4. The van der Waals surface area contributed by atoms with E-state index in [0.717, 1.165) is 22.4 Å². The van der Waals surface area contributed by atoms with Crippen molar-refractivity contribution in [3.8, 4) is 16.9 Å². The lowest BCUT2D eigenvalue weighted by atomic mass is 10.0. The molecule has 25 heavy (non-hydrogen) atoms. The molecule has 0 saturated heterocycles. The Morgan fingerprint density at radius 3 is 2.12 bits per heavy atom. The summed E-state index contributed by atoms with van der Waals surface area (Å²) in [6, 6.07) is 16.1. The molecule has 0 radical (unpaired) electrons. The van der Waals surface area contributed by atoms with Crippen molar-refractivity contribution in [3.05, 3.63) is 54.1 Å². The largest absolute Gasteiger partial charge is 0.497 e. The zero-order chi connectivity index (χ0) is 17.2. The number of hydrogen-bond donors (Lipinski definition) is 2. The van der Waals surface area contributed by atoms with Crippen molar-refractivity contribution in [1.29, 1.82) is 0 Å². The zero-order valence-electron chi connectivity index (χ0n) is 14.6. The summed E-state index contributed by atoms with van der Waals surface area (Å²) in [7, 11) is 3.29. The van der Waals surface area contributed by atoms with Crippen LogP contribution in [0.4, 0.5) is 0 Å². The Labute approximate surface area is 155 Å². The molecule has 2 aromatic carbocycles. The summed E-state index contributed by atoms with van der Waals surface area (Å²) in [6.45, 7) is 2.08. The number of ether oxygens (including phenoxy) is 2. The van der Waals surface area contributed by atoms with Gasteiger partial charge < -0.3 is 20.1 Å². The van der Waals surface area contributed by atoms with Crippen LogP contribution < -0.4 is 15.4 Å². The van der Waals surface area contributed by atoms with E-state index in [2.05, 4.69) is 22.8 Å². The molecule has 2 N–H and O–H groups in total. The molecule has 2 rings (SSSR count). The second kappa shape index (κ2) is 11.5. The maximum Gasteiger partial charge on any atom is 0.234 e. The van der Waals surface area contributed by atoms with Crippen molar-refractivity contribution < 1.29 is 14.3 Å². The highest BCUT2D eigenvalue weighted by molar-refractivity contribution is 5.85. The second-order valence-corrected chi connectivity index (χ2v) is 5.37. The monoisotopic (exact) mass is 364 g/mol. The van der Waals surface area contributed by atoms with Crippen molar-refractivity contribution in [2.75, 3.05) is 33.9 Å². The van der Waals surface area contributed by atoms with E-state index in [9.17, 15) is 4.79 Å². The average molecular weight is 365 g/mol. The molecule has 0 unspecified atom stereocenters. The maximum absolute atomic E-state index is 11.7. The van der Waals surface area contributed by atoms with Gasteiger partial charge in [0.2, 0.25) is 5.91 Å². The van der Waals surface area contributed by atoms with E-state index in [4.69, 9.17) is 9.47 Å². The van der Waals surface area contributed by atoms with Crippen LogP contribution in [0, 0.1) is 0 Å². The van der Waals surface area contributed by atoms with Crippen molar-refractivity contribution in [2.45, 2.75) is 6.54 Å². The molecular formula is C19H25ClN2O3. The van der Waals surface area contributed by atoms with E-state index in [0.29, 0.717) is 26.2 Å². The fraction of sp³-hybridized carbons (Fsp3) is 0.316. The summed E-state index contributed by atoms with van der Waals surface area (Å²) in [5, 5.41) is 5.91. The van der Waals surface area contributed by atoms with Gasteiger partial charge in [-0.1, -0.05) is 36.4 Å². The molecule has 0 aliphatic rings. The van der Waals surface area contributed by atoms with Crippen LogP contribution in [0.2, 0.25) is 0 Å². The minimum absolute atomic E-state index is 0. The molecular weight excluding hydrogens is 340 g/mol. The Bertz CT molecular complexity index is 630. The van der Waals surface area contributed by atoms with Crippen LogP contribution in [0.15, 0.2) is 48.5 Å². The lowest BCUT2D eigenvalue weighted by Crippen LogP contribution is -2.34. The number of amides is 1. The van der Waals surface area contributed by atoms with E-state index >= 15 is 0 Å². The lowest BCUT2D eigenvalue weighted by molar-refractivity contribution is -0.120. The van der Waals surface area contributed by atoms with E-state index in [1.54, 1.807) is 14.2 Å². The van der Waals surface area contributed by atoms with Gasteiger partial charge in [-0.3, -0.25) is 4.79 Å². The second-order valence-electron chi connectivity index (χ2n) is 5.37. The van der Waals surface area contributed by atoms with Gasteiger partial charge in [0, 0.05) is 20.2 Å². The fourth-order valence-electron chi connectivity index (χ4n) is 2.24. The molecule has 5 nitrogen and oxygen atoms in total. The van der Waals surface area contributed by atoms with Gasteiger partial charge in [-0.05, 0) is 28.8 Å². The molecule has 0 atom stereocenters. The van der Waals surface area contributed by atoms with Gasteiger partial charge in [-0.25, -0.2) is 0 Å². The van der Waals surface area contributed by atoms with Crippen LogP contribution in [-0.2, 0) is 16.1 Å². The molecule has 2 aromatic rings. The number of carbonyl (C=O) groups excluding carboxylic acids is 1. The summed E-state index contributed by atoms with van der Waals surface area (Å²) >= 11 is 0. The Kier molecular flexibility index (Phi) is 9.62. The van der Waals surface area contributed by atoms with Crippen LogP contribution >= 0.6 is 12.4 Å². The maximum atomic E-state index is 11.7. The summed E-state index contributed by atoms with van der Waals surface area (Å²) < 4.78 is 10.1. The number of rotatable bonds is 9. The molecule has 0 bridgehead atoms. The number of methoxy groups -OCH3 is 2. The standard InChI is InChI=1S/C19H24N2O3.ClH/c1-23-12-11-20-14-19(22)21-13-15-3-5-16(6-4-15)17-7-9-18(24-2)10-8-17;/h3-10,20H,11-14H2,1-2H3,(H,21,22);1H. The first-order valence-electron chi connectivity index (χ1n) is 7.92. The highest BCUT2D eigenvalue weighted by atomic mass is 35.5. The molecule has 136 valence electrons. The predicted molar refractivity (Wildman–Crippen MR) is 102 cm³/mol. The zero-order valence-corrected chi connectivity index (χ0v) is 15.4. The highest BCUT2D eigenvalue weighted by Crippen LogP contribution is 2.22. The molecule has 0 fully saturated rings. The third-order valence-electron chi connectivity index (χ3n) is 3.64. The minimum Gasteiger partial charge on any atom is -0.497 e. The fourth-order valence-corrected chi connectivity index (χ4v) is 2.24. The molecule has 0 heterocycles. The van der Waals surface area contributed by atoms with E-state index < -0.39 is 0 Å². The van der Waals surface area contributed by atoms with E-state index in [1.165, 1.54) is 0 Å². The smallest absolute Gasteiger partial charge is 0.234 e. The summed E-state index contributed by atoms with van der Waals surface area (Å²) in [6.07, 6.45) is 0. The van der Waals surface area contributed by atoms with Crippen molar-refractivity contribution in [1.82, 2.24) is 10.6 Å². The first kappa shape index (κ1) is 21.0. The van der Waals surface area contributed by atoms with E-state index in [1.807, 2.05) is 36.4 Å². The summed E-state index contributed by atoms with van der Waals surface area (Å²) in [5.41, 5.74) is 3.33. The quantitative estimate of drug-likeness (QED) is 0.671. The van der Waals surface area contributed by atoms with Gasteiger partial charge in [0.25, 0.3) is 0 Å². The molecule has 0 spiro atoms. The van der Waals surface area contributed by atoms with Gasteiger partial charge in [0.15, 0.2) is 0 Å². The Morgan fingerprint density at radius 1 is 0.960 bits per heavy atom. The molecule has 0 aliphatic carbocycles. The number of halogens is 1. The Morgan fingerprint density at radius 2 is 1.56 bits per heavy atom. The van der Waals surface area contributed by atoms with Gasteiger partial charge >= 0.3 is 0 Å². The van der Waals surface area contributed by atoms with Crippen LogP contribution in [-0.4, -0.2) is 39.8 Å². The van der Waals surface area contributed by atoms with Gasteiger partial charge in [-0.2, -0.15) is 0 Å². The molecule has 6 heteroatoms. The van der Waals surface area contributed by atoms with Crippen LogP contribution in [0.25, 0.3) is 11.1 Å². The van der Waals surface area contributed by atoms with E-state index in [-0.39, 0.29) is 18.3 Å². The van der Waals surface area contributed by atoms with Crippen molar-refractivity contribution in [2.24, 2.45) is 0 Å². The Hall–Kier alpha value is -2.08. The number of carbonyl (C=O) groups is 1. The predicted octanol–water partition coefficient (Wildman–Crippen LogP) is 2.64. The Balaban J connectivity index is 0.00000312. The number of benzene rings is 2. The SMILES string of the molecule is COCCNCC(=O)NCc1ccc(-c2ccc(OC)cc2)cc1.Cl. The normalized spacial score (nSPS) is 10.0. The van der Waals surface area contributed by atoms with Crippen LogP contribution in [0.3, 0.4) is 0 Å². The van der Waals surface area contributed by atoms with Gasteiger partial charge in [0.1, 0.15) is 5.75 Å². The molecule has 0 aromatic heterocycles. The highest BCUT2D eigenvalue weighted by Gasteiger charge is 2.02. The first-order chi connectivity index (χ1) is 11.7. The van der Waals surface area contributed by atoms with Crippen LogP contribution in [0.1, 0.15) is 5.56 Å². The van der Waals surface area contributed by atoms with Crippen molar-refractivity contribution in [3.63, 3.8) is 0 Å². The molecule has 0 saturated carbocycles. The third-order valence-corrected chi connectivity index (χ3v) is 3.64. The topological polar surface area (TPSA) is 59.6 Å². The summed E-state index contributed by atoms with van der Waals surface area (Å²) in [4.78, 5) is 11.7.